The van der Waals surface area contributed by atoms with Gasteiger partial charge in [-0.15, -0.1) is 0 Å². The maximum atomic E-state index is 13.0. The summed E-state index contributed by atoms with van der Waals surface area (Å²) in [7, 11) is 0. The maximum Gasteiger partial charge on any atom is 0.256 e. The molecule has 1 aliphatic rings. The van der Waals surface area contributed by atoms with Gasteiger partial charge in [0.05, 0.1) is 18.0 Å². The summed E-state index contributed by atoms with van der Waals surface area (Å²) < 4.78 is 11.6. The molecule has 25 heavy (non-hydrogen) atoms. The number of hydrogen-bond acceptors (Lipinski definition) is 4. The van der Waals surface area contributed by atoms with Crippen molar-refractivity contribution in [3.8, 4) is 5.88 Å². The molecule has 1 fully saturated rings. The Morgan fingerprint density at radius 3 is 2.84 bits per heavy atom. The lowest BCUT2D eigenvalue weighted by molar-refractivity contribution is -0.147. The Labute approximate surface area is 151 Å². The first kappa shape index (κ1) is 19.7. The molecule has 0 radical (unpaired) electrons. The van der Waals surface area contributed by atoms with Gasteiger partial charge < -0.3 is 14.8 Å². The lowest BCUT2D eigenvalue weighted by Crippen LogP contribution is -2.48. The fourth-order valence-corrected chi connectivity index (χ4v) is 3.49. The topological polar surface area (TPSA) is 60.5 Å². The summed E-state index contributed by atoms with van der Waals surface area (Å²) in [6, 6.07) is 3.68. The average molecular weight is 348 g/mol. The molecule has 1 N–H and O–H groups in total. The van der Waals surface area contributed by atoms with Crippen molar-refractivity contribution in [1.82, 2.24) is 4.98 Å². The first-order chi connectivity index (χ1) is 12.0. The highest BCUT2D eigenvalue weighted by molar-refractivity contribution is 5.97. The van der Waals surface area contributed by atoms with Crippen molar-refractivity contribution in [2.24, 2.45) is 5.92 Å². The smallest absolute Gasteiger partial charge is 0.256 e. The molecule has 0 spiro atoms. The number of anilines is 1. The quantitative estimate of drug-likeness (QED) is 0.703. The largest absolute Gasteiger partial charge is 0.478 e. The van der Waals surface area contributed by atoms with E-state index in [2.05, 4.69) is 24.1 Å². The number of nitrogens with zero attached hydrogens (tertiary/aromatic N) is 1. The van der Waals surface area contributed by atoms with Crippen LogP contribution >= 0.6 is 0 Å². The number of ether oxygens (including phenoxy) is 2. The van der Waals surface area contributed by atoms with Crippen LogP contribution in [0.15, 0.2) is 12.1 Å². The van der Waals surface area contributed by atoms with Crippen molar-refractivity contribution in [2.75, 3.05) is 18.5 Å². The van der Waals surface area contributed by atoms with Crippen LogP contribution in [0.25, 0.3) is 0 Å². The Morgan fingerprint density at radius 2 is 2.20 bits per heavy atom. The Bertz CT molecular complexity index is 572. The standard InChI is InChI=1S/C20H32N2O3/c1-5-7-13-24-18-11-10-17(16(4)21-18)22-19(23)20(25-6-2)12-8-9-15(3)14-20/h10-11,15H,5-9,12-14H2,1-4H3,(H,22,23). The molecule has 0 saturated heterocycles. The van der Waals surface area contributed by atoms with E-state index in [-0.39, 0.29) is 5.91 Å². The first-order valence-corrected chi connectivity index (χ1v) is 9.56. The molecule has 1 saturated carbocycles. The molecular weight excluding hydrogens is 316 g/mol. The van der Waals surface area contributed by atoms with Gasteiger partial charge in [0.2, 0.25) is 5.88 Å². The number of rotatable bonds is 8. The Kier molecular flexibility index (Phi) is 7.24. The van der Waals surface area contributed by atoms with Crippen molar-refractivity contribution in [3.63, 3.8) is 0 Å². The summed E-state index contributed by atoms with van der Waals surface area (Å²) in [5, 5.41) is 3.04. The number of aromatic nitrogens is 1. The van der Waals surface area contributed by atoms with Crippen LogP contribution in [0.5, 0.6) is 5.88 Å². The molecule has 0 aliphatic heterocycles. The van der Waals surface area contributed by atoms with Crippen LogP contribution in [0.1, 0.15) is 65.0 Å². The summed E-state index contributed by atoms with van der Waals surface area (Å²) in [4.78, 5) is 17.4. The van der Waals surface area contributed by atoms with Crippen molar-refractivity contribution in [3.05, 3.63) is 17.8 Å². The fraction of sp³-hybridized carbons (Fsp3) is 0.700. The first-order valence-electron chi connectivity index (χ1n) is 9.56. The fourth-order valence-electron chi connectivity index (χ4n) is 3.49. The van der Waals surface area contributed by atoms with E-state index in [0.29, 0.717) is 25.0 Å². The van der Waals surface area contributed by atoms with Gasteiger partial charge in [0.15, 0.2) is 0 Å². The predicted octanol–water partition coefficient (Wildman–Crippen LogP) is 4.49. The second-order valence-corrected chi connectivity index (χ2v) is 7.07. The van der Waals surface area contributed by atoms with Crippen LogP contribution in [-0.2, 0) is 9.53 Å². The van der Waals surface area contributed by atoms with E-state index in [1.807, 2.05) is 26.0 Å². The molecule has 2 unspecified atom stereocenters. The van der Waals surface area contributed by atoms with Gasteiger partial charge in [0, 0.05) is 12.7 Å². The molecule has 1 aromatic heterocycles. The van der Waals surface area contributed by atoms with Crippen molar-refractivity contribution < 1.29 is 14.3 Å². The number of hydrogen-bond donors (Lipinski definition) is 1. The molecule has 5 nitrogen and oxygen atoms in total. The van der Waals surface area contributed by atoms with Crippen molar-refractivity contribution >= 4 is 11.6 Å². The van der Waals surface area contributed by atoms with E-state index in [9.17, 15) is 4.79 Å². The van der Waals surface area contributed by atoms with Gasteiger partial charge in [-0.1, -0.05) is 26.7 Å². The Morgan fingerprint density at radius 1 is 1.40 bits per heavy atom. The van der Waals surface area contributed by atoms with Crippen LogP contribution in [0.2, 0.25) is 0 Å². The van der Waals surface area contributed by atoms with Gasteiger partial charge in [-0.2, -0.15) is 0 Å². The highest BCUT2D eigenvalue weighted by Crippen LogP contribution is 2.36. The van der Waals surface area contributed by atoms with Crippen molar-refractivity contribution in [2.45, 2.75) is 71.8 Å². The summed E-state index contributed by atoms with van der Waals surface area (Å²) >= 11 is 0. The minimum atomic E-state index is -0.713. The molecule has 1 heterocycles. The molecule has 2 rings (SSSR count). The minimum absolute atomic E-state index is 0.0505. The lowest BCUT2D eigenvalue weighted by atomic mass is 9.78. The normalized spacial score (nSPS) is 23.3. The number of amides is 1. The van der Waals surface area contributed by atoms with Gasteiger partial charge >= 0.3 is 0 Å². The second kappa shape index (κ2) is 9.18. The molecule has 1 aliphatic carbocycles. The molecule has 1 aromatic rings. The second-order valence-electron chi connectivity index (χ2n) is 7.07. The molecule has 2 atom stereocenters. The summed E-state index contributed by atoms with van der Waals surface area (Å²) in [6.45, 7) is 9.36. The highest BCUT2D eigenvalue weighted by Gasteiger charge is 2.42. The van der Waals surface area contributed by atoms with Crippen LogP contribution < -0.4 is 10.1 Å². The number of unbranched alkanes of at least 4 members (excludes halogenated alkanes) is 1. The Balaban J connectivity index is 2.07. The number of pyridine rings is 1. The minimum Gasteiger partial charge on any atom is -0.478 e. The summed E-state index contributed by atoms with van der Waals surface area (Å²) in [5.74, 6) is 1.06. The third kappa shape index (κ3) is 5.18. The zero-order chi connectivity index (χ0) is 18.3. The zero-order valence-electron chi connectivity index (χ0n) is 16.1. The van der Waals surface area contributed by atoms with Gasteiger partial charge in [-0.25, -0.2) is 4.98 Å². The maximum absolute atomic E-state index is 13.0. The van der Waals surface area contributed by atoms with E-state index in [4.69, 9.17) is 9.47 Å². The third-order valence-electron chi connectivity index (χ3n) is 4.85. The van der Waals surface area contributed by atoms with Crippen LogP contribution in [-0.4, -0.2) is 29.7 Å². The molecule has 1 amide bonds. The highest BCUT2D eigenvalue weighted by atomic mass is 16.5. The van der Waals surface area contributed by atoms with E-state index in [1.54, 1.807) is 0 Å². The molecule has 0 aromatic carbocycles. The number of carbonyl (C=O) groups excluding carboxylic acids is 1. The van der Waals surface area contributed by atoms with Crippen LogP contribution in [0.4, 0.5) is 5.69 Å². The SMILES string of the molecule is CCCCOc1ccc(NC(=O)C2(OCC)CCCC(C)C2)c(C)n1. The van der Waals surface area contributed by atoms with E-state index in [1.165, 1.54) is 0 Å². The van der Waals surface area contributed by atoms with Crippen molar-refractivity contribution in [1.29, 1.82) is 0 Å². The number of carbonyl (C=O) groups is 1. The van der Waals surface area contributed by atoms with Gasteiger partial charge in [-0.3, -0.25) is 4.79 Å². The van der Waals surface area contributed by atoms with Gasteiger partial charge in [0.25, 0.3) is 5.91 Å². The number of nitrogens with one attached hydrogen (secondary N) is 1. The van der Waals surface area contributed by atoms with E-state index in [0.717, 1.165) is 49.9 Å². The molecule has 5 heteroatoms. The van der Waals surface area contributed by atoms with Gasteiger partial charge in [-0.05, 0) is 51.5 Å². The number of aryl methyl sites for hydroxylation is 1. The zero-order valence-corrected chi connectivity index (χ0v) is 16.1. The molecule has 0 bridgehead atoms. The van der Waals surface area contributed by atoms with E-state index >= 15 is 0 Å². The average Bonchev–Trinajstić information content (AvgIpc) is 2.57. The molecular formula is C20H32N2O3. The summed E-state index contributed by atoms with van der Waals surface area (Å²) in [5.41, 5.74) is 0.776. The van der Waals surface area contributed by atoms with Crippen LogP contribution in [0.3, 0.4) is 0 Å². The lowest BCUT2D eigenvalue weighted by Gasteiger charge is -2.38. The monoisotopic (exact) mass is 348 g/mol. The molecule has 140 valence electrons. The third-order valence-corrected chi connectivity index (χ3v) is 4.85. The van der Waals surface area contributed by atoms with E-state index < -0.39 is 5.60 Å². The van der Waals surface area contributed by atoms with Gasteiger partial charge in [0.1, 0.15) is 5.60 Å². The van der Waals surface area contributed by atoms with Crippen LogP contribution in [0, 0.1) is 12.8 Å². The summed E-state index contributed by atoms with van der Waals surface area (Å²) in [6.07, 6.45) is 5.83. The Hall–Kier alpha value is -1.62. The predicted molar refractivity (Wildman–Crippen MR) is 100.0 cm³/mol.